The van der Waals surface area contributed by atoms with Crippen molar-refractivity contribution in [3.05, 3.63) is 83.0 Å². The van der Waals surface area contributed by atoms with Gasteiger partial charge in [0.1, 0.15) is 36.3 Å². The molecule has 20 heteroatoms. The number of piperidine rings is 2. The number of benzene rings is 3. The molecule has 0 radical (unpaired) electrons. The molecule has 0 saturated carbocycles. The number of amides is 4. The first-order chi connectivity index (χ1) is 32.9. The molecule has 68 heavy (non-hydrogen) atoms. The van der Waals surface area contributed by atoms with Crippen molar-refractivity contribution in [2.24, 2.45) is 0 Å². The highest BCUT2D eigenvalue weighted by Gasteiger charge is 2.40. The van der Waals surface area contributed by atoms with Gasteiger partial charge in [0.15, 0.2) is 5.82 Å². The number of halogens is 1. The predicted octanol–water partition coefficient (Wildman–Crippen LogP) is 5.25. The lowest BCUT2D eigenvalue weighted by Crippen LogP contribution is -2.54. The molecule has 3 saturated heterocycles. The van der Waals surface area contributed by atoms with Crippen molar-refractivity contribution in [3.63, 3.8) is 0 Å². The number of para-hydroxylation sites is 1. The van der Waals surface area contributed by atoms with Crippen LogP contribution in [-0.4, -0.2) is 153 Å². The van der Waals surface area contributed by atoms with Crippen molar-refractivity contribution in [1.29, 1.82) is 0 Å². The van der Waals surface area contributed by atoms with Crippen LogP contribution in [0.4, 0.5) is 28.8 Å². The number of ether oxygens (including phenoxy) is 4. The Labute approximate surface area is 401 Å². The van der Waals surface area contributed by atoms with E-state index in [0.29, 0.717) is 109 Å². The van der Waals surface area contributed by atoms with Crippen LogP contribution >= 0.6 is 18.7 Å². The van der Waals surface area contributed by atoms with Gasteiger partial charge in [-0.3, -0.25) is 29.4 Å². The highest BCUT2D eigenvalue weighted by Crippen LogP contribution is 2.39. The highest BCUT2D eigenvalue weighted by molar-refractivity contribution is 7.70. The summed E-state index contributed by atoms with van der Waals surface area (Å²) in [6, 6.07) is 18.5. The molecule has 1 aromatic heterocycles. The lowest BCUT2D eigenvalue weighted by molar-refractivity contribution is -0.137. The fraction of sp³-hybridized carbons (Fsp3) is 0.458. The van der Waals surface area contributed by atoms with Gasteiger partial charge in [-0.05, 0) is 69.0 Å². The van der Waals surface area contributed by atoms with Gasteiger partial charge in [0.2, 0.25) is 23.7 Å². The van der Waals surface area contributed by atoms with E-state index in [4.69, 9.17) is 30.5 Å². The summed E-state index contributed by atoms with van der Waals surface area (Å²) in [5.41, 5.74) is 3.66. The van der Waals surface area contributed by atoms with Gasteiger partial charge < -0.3 is 48.8 Å². The van der Waals surface area contributed by atoms with Gasteiger partial charge in [-0.15, -0.1) is 0 Å². The number of carbonyl (C=O) groups excluding carboxylic acids is 4. The summed E-state index contributed by atoms with van der Waals surface area (Å²) in [5, 5.41) is 9.87. The lowest BCUT2D eigenvalue weighted by atomic mass is 10.0. The first-order valence-corrected chi connectivity index (χ1v) is 26.0. The third kappa shape index (κ3) is 11.7. The minimum absolute atomic E-state index is 0.0947. The molecule has 1 unspecified atom stereocenters. The zero-order valence-corrected chi connectivity index (χ0v) is 40.4. The van der Waals surface area contributed by atoms with Gasteiger partial charge in [-0.2, -0.15) is 4.98 Å². The summed E-state index contributed by atoms with van der Waals surface area (Å²) < 4.78 is 36.1. The molecule has 5 heterocycles. The number of hydrogen-bond acceptors (Lipinski definition) is 15. The standard InChI is InChI=1S/C48H59ClN9O9P/c1-64-41-29-33(11-12-37(41)52-48-50-30-36(49)45(54-48)51-38-8-4-5-10-42(38)68(2,3)63)55-18-15-32(16-19-55)56-20-22-57(23-21-56)44(60)17-24-65-25-26-66-27-28-67-40-9-6-7-34-35(40)31-58(47(34)62)39-13-14-43(59)53-46(39)61/h4-12,29-30,32,39H,13-28,31H2,1-3H3,(H,53,59,61)(H2,50,51,52,54). The number of nitrogens with one attached hydrogen (secondary N) is 3. The summed E-state index contributed by atoms with van der Waals surface area (Å²) in [4.78, 5) is 67.4. The van der Waals surface area contributed by atoms with Gasteiger partial charge >= 0.3 is 0 Å². The molecule has 362 valence electrons. The monoisotopic (exact) mass is 971 g/mol. The zero-order valence-electron chi connectivity index (χ0n) is 38.7. The van der Waals surface area contributed by atoms with Crippen LogP contribution in [-0.2, 0) is 35.0 Å². The third-order valence-electron chi connectivity index (χ3n) is 12.8. The summed E-state index contributed by atoms with van der Waals surface area (Å²) in [5.74, 6) is 1.00. The van der Waals surface area contributed by atoms with E-state index in [1.165, 1.54) is 11.1 Å². The van der Waals surface area contributed by atoms with Gasteiger partial charge in [0.05, 0.1) is 64.1 Å². The molecular weight excluding hydrogens is 913 g/mol. The van der Waals surface area contributed by atoms with E-state index in [9.17, 15) is 23.7 Å². The topological polar surface area (TPSA) is 197 Å². The van der Waals surface area contributed by atoms with Gasteiger partial charge in [-0.25, -0.2) is 4.98 Å². The van der Waals surface area contributed by atoms with Crippen LogP contribution in [0.1, 0.15) is 48.0 Å². The van der Waals surface area contributed by atoms with E-state index in [-0.39, 0.29) is 37.3 Å². The van der Waals surface area contributed by atoms with Gasteiger partial charge in [0.25, 0.3) is 5.91 Å². The number of imide groups is 1. The highest BCUT2D eigenvalue weighted by atomic mass is 35.5. The van der Waals surface area contributed by atoms with E-state index in [2.05, 4.69) is 41.8 Å². The van der Waals surface area contributed by atoms with Gasteiger partial charge in [0, 0.05) is 79.9 Å². The minimum Gasteiger partial charge on any atom is -0.494 e. The Balaban J connectivity index is 0.704. The Bertz CT molecular complexity index is 2530. The molecule has 4 aliphatic heterocycles. The fourth-order valence-corrected chi connectivity index (χ4v) is 10.5. The van der Waals surface area contributed by atoms with Crippen LogP contribution in [0.2, 0.25) is 5.02 Å². The maximum Gasteiger partial charge on any atom is 0.255 e. The number of nitrogens with zero attached hydrogens (tertiary/aromatic N) is 6. The molecule has 4 aliphatic rings. The molecule has 3 aromatic carbocycles. The van der Waals surface area contributed by atoms with Crippen LogP contribution in [0.5, 0.6) is 11.5 Å². The first-order valence-electron chi connectivity index (χ1n) is 23.1. The molecule has 8 rings (SSSR count). The Morgan fingerprint density at radius 2 is 1.60 bits per heavy atom. The zero-order chi connectivity index (χ0) is 47.8. The number of fused-ring (bicyclic) bond motifs is 1. The molecule has 4 amide bonds. The van der Waals surface area contributed by atoms with Gasteiger partial charge in [-0.1, -0.05) is 29.8 Å². The number of aromatic nitrogens is 2. The first kappa shape index (κ1) is 48.7. The Hall–Kier alpha value is -5.78. The molecule has 3 fully saturated rings. The second kappa shape index (κ2) is 22.1. The van der Waals surface area contributed by atoms with Crippen LogP contribution < -0.4 is 35.6 Å². The van der Waals surface area contributed by atoms with Crippen molar-refractivity contribution < 1.29 is 42.7 Å². The SMILES string of the molecule is COc1cc(N2CCC(N3CCN(C(=O)CCOCCOCCOc4cccc5c4CN(C4CCC(=O)NC4=O)C5=O)CC3)CC2)ccc1Nc1ncc(Cl)c(Nc2ccccc2P(C)(C)=O)n1. The number of carbonyl (C=O) groups is 4. The fourth-order valence-electron chi connectivity index (χ4n) is 9.16. The van der Waals surface area contributed by atoms with E-state index in [1.807, 2.05) is 41.3 Å². The summed E-state index contributed by atoms with van der Waals surface area (Å²) in [6.07, 6.45) is 4.36. The van der Waals surface area contributed by atoms with Crippen molar-refractivity contribution in [2.75, 3.05) is 108 Å². The second-order valence-corrected chi connectivity index (χ2v) is 21.1. The predicted molar refractivity (Wildman–Crippen MR) is 260 cm³/mol. The summed E-state index contributed by atoms with van der Waals surface area (Å²) in [7, 11) is -0.924. The average Bonchev–Trinajstić information content (AvgIpc) is 3.67. The number of piperazine rings is 1. The van der Waals surface area contributed by atoms with Crippen molar-refractivity contribution in [2.45, 2.75) is 50.7 Å². The Morgan fingerprint density at radius 3 is 2.35 bits per heavy atom. The minimum atomic E-state index is -2.56. The normalized spacial score (nSPS) is 18.1. The molecule has 3 N–H and O–H groups in total. The number of rotatable bonds is 19. The van der Waals surface area contributed by atoms with E-state index in [0.717, 1.165) is 50.3 Å². The number of methoxy groups -OCH3 is 1. The smallest absolute Gasteiger partial charge is 0.255 e. The largest absolute Gasteiger partial charge is 0.494 e. The molecule has 18 nitrogen and oxygen atoms in total. The second-order valence-electron chi connectivity index (χ2n) is 17.5. The van der Waals surface area contributed by atoms with Crippen molar-refractivity contribution in [3.8, 4) is 11.5 Å². The quantitative estimate of drug-likeness (QED) is 0.0626. The van der Waals surface area contributed by atoms with E-state index in [1.54, 1.807) is 38.6 Å². The molecule has 4 aromatic rings. The van der Waals surface area contributed by atoms with Crippen LogP contribution in [0, 0.1) is 0 Å². The summed E-state index contributed by atoms with van der Waals surface area (Å²) >= 11 is 6.48. The maximum absolute atomic E-state index is 13.1. The van der Waals surface area contributed by atoms with Crippen molar-refractivity contribution in [1.82, 2.24) is 30.0 Å². The van der Waals surface area contributed by atoms with Crippen LogP contribution in [0.25, 0.3) is 0 Å². The Morgan fingerprint density at radius 1 is 0.853 bits per heavy atom. The molecule has 0 aliphatic carbocycles. The maximum atomic E-state index is 13.1. The lowest BCUT2D eigenvalue weighted by Gasteiger charge is -2.43. The van der Waals surface area contributed by atoms with Crippen molar-refractivity contribution >= 4 is 76.5 Å². The molecular formula is C48H59ClN9O9P. The third-order valence-corrected chi connectivity index (χ3v) is 14.6. The van der Waals surface area contributed by atoms with Crippen LogP contribution in [0.3, 0.4) is 0 Å². The van der Waals surface area contributed by atoms with Crippen LogP contribution in [0.15, 0.2) is 66.9 Å². The molecule has 0 spiro atoms. The average molecular weight is 972 g/mol. The molecule has 0 bridgehead atoms. The van der Waals surface area contributed by atoms with E-state index >= 15 is 0 Å². The van der Waals surface area contributed by atoms with E-state index < -0.39 is 19.1 Å². The Kier molecular flexibility index (Phi) is 15.8. The number of hydrogen-bond donors (Lipinski definition) is 3. The number of anilines is 5. The summed E-state index contributed by atoms with van der Waals surface area (Å²) in [6.45, 7) is 10.2. The molecule has 1 atom stereocenters.